The molecule has 4 heteroatoms. The van der Waals surface area contributed by atoms with E-state index in [9.17, 15) is 0 Å². The highest BCUT2D eigenvalue weighted by atomic mass is 32.1. The zero-order valence-corrected chi connectivity index (χ0v) is 6.80. The number of nitriles is 1. The third-order valence-electron chi connectivity index (χ3n) is 1.18. The molecule has 0 aliphatic carbocycles. The molecule has 0 saturated carbocycles. The van der Waals surface area contributed by atoms with E-state index in [0.717, 1.165) is 0 Å². The molecule has 0 saturated heterocycles. The maximum atomic E-state index is 8.48. The number of nitrogens with zero attached hydrogens (tertiary/aromatic N) is 2. The number of methoxy groups -OCH3 is 1. The topological polar surface area (TPSA) is 45.9 Å². The maximum absolute atomic E-state index is 8.48. The summed E-state index contributed by atoms with van der Waals surface area (Å²) in [4.78, 5) is 4.34. The summed E-state index contributed by atoms with van der Waals surface area (Å²) in [6.07, 6.45) is 1.48. The molecule has 0 aliphatic heterocycles. The molecule has 0 spiro atoms. The number of hydrogen-bond donors (Lipinski definition) is 1. The van der Waals surface area contributed by atoms with E-state index in [1.165, 1.54) is 13.3 Å². The summed E-state index contributed by atoms with van der Waals surface area (Å²) in [5, 5.41) is 8.48. The molecule has 0 unspecified atom stereocenters. The molecule has 0 fully saturated rings. The van der Waals surface area contributed by atoms with Gasteiger partial charge in [-0.1, -0.05) is 0 Å². The van der Waals surface area contributed by atoms with Crippen molar-refractivity contribution in [2.24, 2.45) is 0 Å². The van der Waals surface area contributed by atoms with Gasteiger partial charge in [0, 0.05) is 4.90 Å². The summed E-state index contributed by atoms with van der Waals surface area (Å²) in [6, 6.07) is 3.55. The molecule has 0 bridgehead atoms. The van der Waals surface area contributed by atoms with Crippen LogP contribution in [0.1, 0.15) is 5.69 Å². The number of hydrogen-bond acceptors (Lipinski definition) is 4. The summed E-state index contributed by atoms with van der Waals surface area (Å²) >= 11 is 4.04. The lowest BCUT2D eigenvalue weighted by molar-refractivity contribution is 0.411. The molecule has 0 amide bonds. The highest BCUT2D eigenvalue weighted by Gasteiger charge is 1.99. The first-order chi connectivity index (χ1) is 5.27. The first-order valence-electron chi connectivity index (χ1n) is 2.91. The smallest absolute Gasteiger partial charge is 0.154 e. The highest BCUT2D eigenvalue weighted by molar-refractivity contribution is 7.80. The molecule has 0 aromatic carbocycles. The fraction of sp³-hybridized carbons (Fsp3) is 0.143. The zero-order valence-electron chi connectivity index (χ0n) is 5.90. The molecule has 11 heavy (non-hydrogen) atoms. The number of rotatable bonds is 1. The largest absolute Gasteiger partial charge is 0.495 e. The minimum Gasteiger partial charge on any atom is -0.495 e. The summed E-state index contributed by atoms with van der Waals surface area (Å²) in [5.74, 6) is 0.606. The molecule has 56 valence electrons. The van der Waals surface area contributed by atoms with Gasteiger partial charge in [0.2, 0.25) is 0 Å². The van der Waals surface area contributed by atoms with E-state index >= 15 is 0 Å². The average molecular weight is 166 g/mol. The highest BCUT2D eigenvalue weighted by Crippen LogP contribution is 2.16. The second kappa shape index (κ2) is 3.26. The molecule has 0 atom stereocenters. The lowest BCUT2D eigenvalue weighted by Crippen LogP contribution is -1.88. The second-order valence-electron chi connectivity index (χ2n) is 1.85. The van der Waals surface area contributed by atoms with E-state index in [1.54, 1.807) is 6.07 Å². The first kappa shape index (κ1) is 7.89. The fourth-order valence-corrected chi connectivity index (χ4v) is 0.867. The van der Waals surface area contributed by atoms with Crippen molar-refractivity contribution in [2.75, 3.05) is 7.11 Å². The van der Waals surface area contributed by atoms with Gasteiger partial charge >= 0.3 is 0 Å². The Morgan fingerprint density at radius 1 is 1.73 bits per heavy atom. The van der Waals surface area contributed by atoms with E-state index in [2.05, 4.69) is 17.6 Å². The van der Waals surface area contributed by atoms with Crippen molar-refractivity contribution >= 4 is 12.6 Å². The van der Waals surface area contributed by atoms with Gasteiger partial charge in [-0.15, -0.1) is 12.6 Å². The fourth-order valence-electron chi connectivity index (χ4n) is 0.632. The number of pyridine rings is 1. The number of thiol groups is 1. The third kappa shape index (κ3) is 1.63. The predicted octanol–water partition coefficient (Wildman–Crippen LogP) is 1.25. The standard InChI is InChI=1S/C7H6N2OS/c1-10-5-2-7(11)6(3-8)9-4-5/h2,4,11H,1H3. The lowest BCUT2D eigenvalue weighted by Gasteiger charge is -1.99. The van der Waals surface area contributed by atoms with E-state index in [0.29, 0.717) is 16.3 Å². The van der Waals surface area contributed by atoms with Gasteiger partial charge in [0.1, 0.15) is 11.8 Å². The van der Waals surface area contributed by atoms with Crippen LogP contribution in [0.2, 0.25) is 0 Å². The Kier molecular flexibility index (Phi) is 2.34. The molecule has 1 aromatic heterocycles. The number of ether oxygens (including phenoxy) is 1. The van der Waals surface area contributed by atoms with Crippen LogP contribution in [0.4, 0.5) is 0 Å². The van der Waals surface area contributed by atoms with Crippen LogP contribution >= 0.6 is 12.6 Å². The summed E-state index contributed by atoms with van der Waals surface area (Å²) in [7, 11) is 1.54. The van der Waals surface area contributed by atoms with Gasteiger partial charge < -0.3 is 4.74 Å². The summed E-state index contributed by atoms with van der Waals surface area (Å²) in [5.41, 5.74) is 0.314. The molecule has 0 N–H and O–H groups in total. The van der Waals surface area contributed by atoms with Crippen LogP contribution in [0.25, 0.3) is 0 Å². The Balaban J connectivity index is 3.12. The SMILES string of the molecule is COc1cnc(C#N)c(S)c1. The van der Waals surface area contributed by atoms with Gasteiger partial charge in [0.25, 0.3) is 0 Å². The van der Waals surface area contributed by atoms with Gasteiger partial charge in [-0.2, -0.15) is 5.26 Å². The Morgan fingerprint density at radius 2 is 2.45 bits per heavy atom. The van der Waals surface area contributed by atoms with Crippen molar-refractivity contribution in [3.63, 3.8) is 0 Å². The van der Waals surface area contributed by atoms with Crippen LogP contribution in [0.5, 0.6) is 5.75 Å². The third-order valence-corrected chi connectivity index (χ3v) is 1.52. The van der Waals surface area contributed by atoms with Crippen molar-refractivity contribution in [1.82, 2.24) is 4.98 Å². The van der Waals surface area contributed by atoms with Crippen molar-refractivity contribution in [3.8, 4) is 11.8 Å². The van der Waals surface area contributed by atoms with Crippen LogP contribution in [0.15, 0.2) is 17.2 Å². The van der Waals surface area contributed by atoms with E-state index < -0.39 is 0 Å². The molecule has 1 aromatic rings. The number of aromatic nitrogens is 1. The van der Waals surface area contributed by atoms with Crippen LogP contribution in [0.3, 0.4) is 0 Å². The van der Waals surface area contributed by atoms with Gasteiger partial charge in [0.15, 0.2) is 5.69 Å². The van der Waals surface area contributed by atoms with E-state index in [4.69, 9.17) is 10.00 Å². The van der Waals surface area contributed by atoms with Crippen LogP contribution < -0.4 is 4.74 Å². The molecular formula is C7H6N2OS. The average Bonchev–Trinajstić information content (AvgIpc) is 2.04. The van der Waals surface area contributed by atoms with Gasteiger partial charge in [-0.25, -0.2) is 4.98 Å². The summed E-state index contributed by atoms with van der Waals surface area (Å²) < 4.78 is 4.87. The van der Waals surface area contributed by atoms with Crippen molar-refractivity contribution in [1.29, 1.82) is 5.26 Å². The van der Waals surface area contributed by atoms with E-state index in [-0.39, 0.29) is 0 Å². The van der Waals surface area contributed by atoms with Crippen LogP contribution in [0, 0.1) is 11.3 Å². The van der Waals surface area contributed by atoms with Gasteiger partial charge in [0.05, 0.1) is 13.3 Å². The van der Waals surface area contributed by atoms with Crippen molar-refractivity contribution in [3.05, 3.63) is 18.0 Å². The first-order valence-corrected chi connectivity index (χ1v) is 3.35. The van der Waals surface area contributed by atoms with Gasteiger partial charge in [-0.05, 0) is 6.07 Å². The Hall–Kier alpha value is -1.21. The maximum Gasteiger partial charge on any atom is 0.154 e. The van der Waals surface area contributed by atoms with Crippen LogP contribution in [-0.2, 0) is 0 Å². The zero-order chi connectivity index (χ0) is 8.27. The normalized spacial score (nSPS) is 8.82. The molecule has 0 radical (unpaired) electrons. The minimum absolute atomic E-state index is 0.314. The lowest BCUT2D eigenvalue weighted by atomic mass is 10.3. The minimum atomic E-state index is 0.314. The van der Waals surface area contributed by atoms with Crippen molar-refractivity contribution < 1.29 is 4.74 Å². The van der Waals surface area contributed by atoms with Crippen LogP contribution in [-0.4, -0.2) is 12.1 Å². The van der Waals surface area contributed by atoms with Gasteiger partial charge in [-0.3, -0.25) is 0 Å². The molecule has 3 nitrogen and oxygen atoms in total. The molecular weight excluding hydrogens is 160 g/mol. The van der Waals surface area contributed by atoms with E-state index in [1.807, 2.05) is 6.07 Å². The second-order valence-corrected chi connectivity index (χ2v) is 2.34. The predicted molar refractivity (Wildman–Crippen MR) is 42.8 cm³/mol. The molecule has 1 rings (SSSR count). The monoisotopic (exact) mass is 166 g/mol. The molecule has 1 heterocycles. The Bertz CT molecular complexity index is 306. The Labute approximate surface area is 70.0 Å². The Morgan fingerprint density at radius 3 is 2.91 bits per heavy atom. The van der Waals surface area contributed by atoms with Crippen molar-refractivity contribution in [2.45, 2.75) is 4.90 Å². The summed E-state index contributed by atoms with van der Waals surface area (Å²) in [6.45, 7) is 0. The molecule has 0 aliphatic rings. The quantitative estimate of drug-likeness (QED) is 0.639.